The van der Waals surface area contributed by atoms with E-state index in [4.69, 9.17) is 5.84 Å². The average Bonchev–Trinajstić information content (AvgIpc) is 3.09. The van der Waals surface area contributed by atoms with Gasteiger partial charge in [0, 0.05) is 5.69 Å². The molecular formula is C21H23N7OS. The zero-order valence-corrected chi connectivity index (χ0v) is 17.6. The van der Waals surface area contributed by atoms with Crippen LogP contribution in [0.25, 0.3) is 6.08 Å². The highest BCUT2D eigenvalue weighted by atomic mass is 32.2. The Bertz CT molecular complexity index is 1060. The second kappa shape index (κ2) is 10.3. The van der Waals surface area contributed by atoms with Crippen molar-refractivity contribution in [3.63, 3.8) is 0 Å². The maximum Gasteiger partial charge on any atom is 0.264 e. The second-order valence-corrected chi connectivity index (χ2v) is 7.43. The van der Waals surface area contributed by atoms with Crippen molar-refractivity contribution in [1.29, 1.82) is 0 Å². The summed E-state index contributed by atoms with van der Waals surface area (Å²) in [7, 11) is 0. The summed E-state index contributed by atoms with van der Waals surface area (Å²) in [6.45, 7) is 3.83. The van der Waals surface area contributed by atoms with E-state index in [1.165, 1.54) is 16.4 Å². The fourth-order valence-corrected chi connectivity index (χ4v) is 3.11. The third kappa shape index (κ3) is 6.21. The van der Waals surface area contributed by atoms with Crippen LogP contribution in [0.2, 0.25) is 0 Å². The number of nitrogens with zero attached hydrogens (tertiary/aromatic N) is 4. The number of amides is 1. The summed E-state index contributed by atoms with van der Waals surface area (Å²) in [5, 5.41) is 15.5. The number of allylic oxidation sites excluding steroid dienone is 1. The van der Waals surface area contributed by atoms with E-state index in [2.05, 4.69) is 26.0 Å². The predicted molar refractivity (Wildman–Crippen MR) is 123 cm³/mol. The van der Waals surface area contributed by atoms with E-state index in [0.717, 1.165) is 22.5 Å². The minimum absolute atomic E-state index is 0.150. The van der Waals surface area contributed by atoms with Gasteiger partial charge in [-0.15, -0.1) is 10.2 Å². The molecule has 3 rings (SSSR count). The molecule has 0 fully saturated rings. The molecule has 30 heavy (non-hydrogen) atoms. The van der Waals surface area contributed by atoms with E-state index >= 15 is 0 Å². The molecule has 0 saturated heterocycles. The third-order valence-corrected chi connectivity index (χ3v) is 4.89. The summed E-state index contributed by atoms with van der Waals surface area (Å²) in [4.78, 5) is 12.1. The molecule has 8 nitrogen and oxygen atoms in total. The van der Waals surface area contributed by atoms with Gasteiger partial charge in [-0.1, -0.05) is 60.3 Å². The number of carbonyl (C=O) groups is 1. The zero-order chi connectivity index (χ0) is 21.3. The van der Waals surface area contributed by atoms with E-state index in [1.54, 1.807) is 0 Å². The Morgan fingerprint density at radius 3 is 2.77 bits per heavy atom. The Balaban J connectivity index is 1.52. The van der Waals surface area contributed by atoms with Gasteiger partial charge in [0.1, 0.15) is 0 Å². The zero-order valence-electron chi connectivity index (χ0n) is 16.7. The Hall–Kier alpha value is -3.59. The normalized spacial score (nSPS) is 11.6. The minimum atomic E-state index is -0.150. The number of anilines is 2. The van der Waals surface area contributed by atoms with Gasteiger partial charge in [0.05, 0.1) is 11.5 Å². The fourth-order valence-electron chi connectivity index (χ4n) is 2.46. The molecule has 0 aliphatic rings. The van der Waals surface area contributed by atoms with Gasteiger partial charge in [0.15, 0.2) is 0 Å². The summed E-state index contributed by atoms with van der Waals surface area (Å²) in [6, 6.07) is 17.5. The summed E-state index contributed by atoms with van der Waals surface area (Å²) in [5.74, 6) is 6.29. The number of carbonyl (C=O) groups excluding carboxylic acids is 1. The topological polar surface area (TPSA) is 110 Å². The monoisotopic (exact) mass is 421 g/mol. The molecule has 1 aromatic heterocycles. The summed E-state index contributed by atoms with van der Waals surface area (Å²) < 4.78 is 1.27. The van der Waals surface area contributed by atoms with Gasteiger partial charge in [-0.25, -0.2) is 10.1 Å². The number of rotatable bonds is 8. The van der Waals surface area contributed by atoms with Crippen LogP contribution in [0.5, 0.6) is 0 Å². The Kier molecular flexibility index (Phi) is 7.23. The van der Waals surface area contributed by atoms with Crippen LogP contribution in [-0.4, -0.2) is 32.2 Å². The van der Waals surface area contributed by atoms with Crippen LogP contribution in [0.3, 0.4) is 0 Å². The molecule has 1 heterocycles. The lowest BCUT2D eigenvalue weighted by molar-refractivity contribution is -0.113. The fraction of sp³-hybridized carbons (Fsp3) is 0.143. The lowest BCUT2D eigenvalue weighted by Crippen LogP contribution is -2.17. The summed E-state index contributed by atoms with van der Waals surface area (Å²) in [5.41, 5.74) is 6.45. The Morgan fingerprint density at radius 1 is 1.20 bits per heavy atom. The average molecular weight is 422 g/mol. The smallest absolute Gasteiger partial charge is 0.264 e. The van der Waals surface area contributed by atoms with Gasteiger partial charge in [0.25, 0.3) is 5.95 Å². The standard InChI is InChI=1S/C21H23N7OS/c1-15-7-6-10-18(13-15)23-19(29)14-30-21-27-26-20(28(21)22)25-24-16(2)11-12-17-8-4-3-5-9-17/h3-13H,14,22H2,1-2H3,(H,23,29)(H,25,26)/b12-11+,24-16+. The first-order chi connectivity index (χ1) is 14.5. The molecule has 2 aromatic carbocycles. The Morgan fingerprint density at radius 2 is 2.00 bits per heavy atom. The first-order valence-electron chi connectivity index (χ1n) is 9.24. The molecule has 0 atom stereocenters. The van der Waals surface area contributed by atoms with E-state index in [-0.39, 0.29) is 17.6 Å². The van der Waals surface area contributed by atoms with Gasteiger partial charge in [-0.05, 0) is 43.2 Å². The molecule has 0 aliphatic heterocycles. The summed E-state index contributed by atoms with van der Waals surface area (Å²) in [6.07, 6.45) is 3.84. The largest absolute Gasteiger partial charge is 0.334 e. The maximum absolute atomic E-state index is 12.1. The van der Waals surface area contributed by atoms with Crippen molar-refractivity contribution in [2.24, 2.45) is 5.10 Å². The highest BCUT2D eigenvalue weighted by molar-refractivity contribution is 7.99. The van der Waals surface area contributed by atoms with Crippen LogP contribution < -0.4 is 16.6 Å². The van der Waals surface area contributed by atoms with Crippen molar-refractivity contribution in [1.82, 2.24) is 14.9 Å². The molecule has 0 aliphatic carbocycles. The van der Waals surface area contributed by atoms with Crippen molar-refractivity contribution >= 4 is 41.1 Å². The van der Waals surface area contributed by atoms with Gasteiger partial charge >= 0.3 is 0 Å². The van der Waals surface area contributed by atoms with Crippen LogP contribution in [0.1, 0.15) is 18.1 Å². The van der Waals surface area contributed by atoms with Crippen LogP contribution in [0.4, 0.5) is 11.6 Å². The van der Waals surface area contributed by atoms with Crippen molar-refractivity contribution < 1.29 is 4.79 Å². The number of hydrogen-bond donors (Lipinski definition) is 3. The van der Waals surface area contributed by atoms with Crippen molar-refractivity contribution in [2.75, 3.05) is 22.3 Å². The lowest BCUT2D eigenvalue weighted by Gasteiger charge is -2.06. The number of hydrogen-bond acceptors (Lipinski definition) is 7. The third-order valence-electron chi connectivity index (χ3n) is 3.95. The SMILES string of the molecule is CC(/C=C/c1ccccc1)=N\Nc1nnc(SCC(=O)Nc2cccc(C)c2)n1N. The molecule has 1 amide bonds. The Labute approximate surface area is 179 Å². The van der Waals surface area contributed by atoms with Gasteiger partial charge in [0.2, 0.25) is 11.1 Å². The molecule has 0 spiro atoms. The van der Waals surface area contributed by atoms with Crippen LogP contribution >= 0.6 is 11.8 Å². The molecule has 0 saturated carbocycles. The van der Waals surface area contributed by atoms with E-state index < -0.39 is 0 Å². The molecule has 9 heteroatoms. The van der Waals surface area contributed by atoms with Crippen molar-refractivity contribution in [3.8, 4) is 0 Å². The first-order valence-corrected chi connectivity index (χ1v) is 10.2. The van der Waals surface area contributed by atoms with E-state index in [9.17, 15) is 4.79 Å². The number of aromatic nitrogens is 3. The van der Waals surface area contributed by atoms with E-state index in [0.29, 0.717) is 5.16 Å². The molecule has 4 N–H and O–H groups in total. The van der Waals surface area contributed by atoms with Gasteiger partial charge in [-0.2, -0.15) is 5.10 Å². The van der Waals surface area contributed by atoms with Crippen LogP contribution in [-0.2, 0) is 4.79 Å². The lowest BCUT2D eigenvalue weighted by atomic mass is 10.2. The van der Waals surface area contributed by atoms with Crippen LogP contribution in [0.15, 0.2) is 70.9 Å². The molecule has 3 aromatic rings. The summed E-state index contributed by atoms with van der Waals surface area (Å²) >= 11 is 1.19. The van der Waals surface area contributed by atoms with Gasteiger partial charge in [-0.3, -0.25) is 4.79 Å². The molecule has 0 bridgehead atoms. The minimum Gasteiger partial charge on any atom is -0.334 e. The van der Waals surface area contributed by atoms with E-state index in [1.807, 2.05) is 80.6 Å². The van der Waals surface area contributed by atoms with Crippen molar-refractivity contribution in [3.05, 3.63) is 71.8 Å². The number of hydrazone groups is 1. The number of benzene rings is 2. The number of aryl methyl sites for hydroxylation is 1. The quantitative estimate of drug-likeness (QED) is 0.222. The second-order valence-electron chi connectivity index (χ2n) is 6.49. The highest BCUT2D eigenvalue weighted by Crippen LogP contribution is 2.17. The predicted octanol–water partition coefficient (Wildman–Crippen LogP) is 3.53. The highest BCUT2D eigenvalue weighted by Gasteiger charge is 2.12. The maximum atomic E-state index is 12.1. The molecule has 154 valence electrons. The molecule has 0 radical (unpaired) electrons. The number of nitrogens with two attached hydrogens (primary N) is 1. The number of thioether (sulfide) groups is 1. The number of nitrogen functional groups attached to an aromatic ring is 1. The van der Waals surface area contributed by atoms with Crippen molar-refractivity contribution in [2.45, 2.75) is 19.0 Å². The molecular weight excluding hydrogens is 398 g/mol. The van der Waals surface area contributed by atoms with Crippen LogP contribution in [0, 0.1) is 6.92 Å². The molecule has 0 unspecified atom stereocenters. The van der Waals surface area contributed by atoms with Gasteiger partial charge < -0.3 is 11.2 Å². The first kappa shape index (κ1) is 21.1. The number of nitrogens with one attached hydrogen (secondary N) is 2.